The van der Waals surface area contributed by atoms with E-state index in [4.69, 9.17) is 4.99 Å². The fourth-order valence-corrected chi connectivity index (χ4v) is 5.77. The molecule has 39 heavy (non-hydrogen) atoms. The lowest BCUT2D eigenvalue weighted by molar-refractivity contribution is 0.392. The van der Waals surface area contributed by atoms with E-state index in [-0.39, 0.29) is 12.4 Å². The normalized spacial score (nSPS) is 13.7. The van der Waals surface area contributed by atoms with Gasteiger partial charge in [-0.05, 0) is 61.1 Å². The summed E-state index contributed by atoms with van der Waals surface area (Å²) in [6.45, 7) is 7.98. The highest BCUT2D eigenvalue weighted by Crippen LogP contribution is 2.35. The van der Waals surface area contributed by atoms with Crippen LogP contribution in [0.3, 0.4) is 0 Å². The van der Waals surface area contributed by atoms with E-state index < -0.39 is 11.8 Å². The van der Waals surface area contributed by atoms with Gasteiger partial charge in [-0.2, -0.15) is 4.39 Å². The number of aliphatic imine (C=N–C) groups is 1. The summed E-state index contributed by atoms with van der Waals surface area (Å²) < 4.78 is 29.2. The quantitative estimate of drug-likeness (QED) is 0.245. The van der Waals surface area contributed by atoms with Crippen molar-refractivity contribution < 1.29 is 13.9 Å². The Hall–Kier alpha value is -3.91. The van der Waals surface area contributed by atoms with E-state index in [0.717, 1.165) is 40.4 Å². The molecule has 200 valence electrons. The van der Waals surface area contributed by atoms with Crippen LogP contribution in [0.15, 0.2) is 70.5 Å². The molecule has 0 aliphatic carbocycles. The molecule has 5 rings (SSSR count). The summed E-state index contributed by atoms with van der Waals surface area (Å²) in [4.78, 5) is 15.0. The summed E-state index contributed by atoms with van der Waals surface area (Å²) in [5.74, 6) is -0.362. The second-order valence-electron chi connectivity index (χ2n) is 9.59. The molecule has 0 atom stereocenters. The van der Waals surface area contributed by atoms with Crippen molar-refractivity contribution in [3.63, 3.8) is 0 Å². The third kappa shape index (κ3) is 5.08. The third-order valence-corrected chi connectivity index (χ3v) is 8.00. The van der Waals surface area contributed by atoms with Crippen molar-refractivity contribution in [2.75, 3.05) is 11.4 Å². The minimum absolute atomic E-state index is 0.0972. The fraction of sp³-hybridized carbons (Fsp3) is 0.258. The molecule has 8 heteroatoms. The molecule has 3 heterocycles. The van der Waals surface area contributed by atoms with E-state index in [2.05, 4.69) is 35.9 Å². The molecule has 0 radical (unpaired) electrons. The summed E-state index contributed by atoms with van der Waals surface area (Å²) in [5, 5.41) is 14.5. The Morgan fingerprint density at radius 2 is 1.74 bits per heavy atom. The van der Waals surface area contributed by atoms with Gasteiger partial charge in [-0.15, -0.1) is 11.3 Å². The van der Waals surface area contributed by atoms with Crippen LogP contribution >= 0.6 is 11.3 Å². The van der Waals surface area contributed by atoms with Crippen LogP contribution in [0.4, 0.5) is 14.5 Å². The van der Waals surface area contributed by atoms with E-state index in [1.165, 1.54) is 23.6 Å². The first-order chi connectivity index (χ1) is 18.8. The van der Waals surface area contributed by atoms with Gasteiger partial charge in [-0.1, -0.05) is 44.2 Å². The number of anilines is 1. The SMILES string of the molecule is CCc1cccc(CC)c1N1C(c2nc(C)cs2)=NCC(Cc2ccc(-c3ccnc(F)c3C)c(F)c2)=C1O. The largest absolute Gasteiger partial charge is 0.494 e. The average Bonchev–Trinajstić information content (AvgIpc) is 3.37. The molecule has 0 amide bonds. The Morgan fingerprint density at radius 1 is 1.00 bits per heavy atom. The molecule has 4 aromatic rings. The topological polar surface area (TPSA) is 61.6 Å². The second kappa shape index (κ2) is 11.1. The van der Waals surface area contributed by atoms with Gasteiger partial charge in [0.05, 0.1) is 12.2 Å². The Labute approximate surface area is 231 Å². The molecular formula is C31H30F2N4OS. The van der Waals surface area contributed by atoms with Crippen LogP contribution < -0.4 is 4.90 Å². The first kappa shape index (κ1) is 26.7. The minimum Gasteiger partial charge on any atom is -0.494 e. The minimum atomic E-state index is -0.615. The number of benzene rings is 2. The monoisotopic (exact) mass is 544 g/mol. The van der Waals surface area contributed by atoms with E-state index in [1.54, 1.807) is 19.1 Å². The molecule has 5 nitrogen and oxygen atoms in total. The van der Waals surface area contributed by atoms with Gasteiger partial charge in [-0.25, -0.2) is 14.4 Å². The number of hydrogen-bond donors (Lipinski definition) is 1. The van der Waals surface area contributed by atoms with Crippen LogP contribution in [-0.4, -0.2) is 27.5 Å². The summed E-state index contributed by atoms with van der Waals surface area (Å²) in [6.07, 6.45) is 3.22. The van der Waals surface area contributed by atoms with Crippen molar-refractivity contribution in [3.8, 4) is 11.1 Å². The van der Waals surface area contributed by atoms with Crippen LogP contribution in [0, 0.1) is 25.6 Å². The second-order valence-corrected chi connectivity index (χ2v) is 10.5. The van der Waals surface area contributed by atoms with Crippen molar-refractivity contribution in [2.45, 2.75) is 47.0 Å². The van der Waals surface area contributed by atoms with Gasteiger partial charge in [0.25, 0.3) is 0 Å². The van der Waals surface area contributed by atoms with Crippen molar-refractivity contribution in [3.05, 3.63) is 110 Å². The Morgan fingerprint density at radius 3 is 2.38 bits per heavy atom. The van der Waals surface area contributed by atoms with Crippen LogP contribution in [0.25, 0.3) is 11.1 Å². The number of aromatic nitrogens is 2. The molecule has 1 N–H and O–H groups in total. The number of halogens is 2. The average molecular weight is 545 g/mol. The lowest BCUT2D eigenvalue weighted by Gasteiger charge is -2.32. The molecule has 0 fully saturated rings. The van der Waals surface area contributed by atoms with Crippen LogP contribution in [0.1, 0.15) is 46.8 Å². The van der Waals surface area contributed by atoms with Gasteiger partial charge in [0, 0.05) is 40.4 Å². The molecule has 1 aliphatic rings. The molecule has 2 aromatic carbocycles. The lowest BCUT2D eigenvalue weighted by Crippen LogP contribution is -2.37. The van der Waals surface area contributed by atoms with Crippen LogP contribution in [-0.2, 0) is 19.3 Å². The number of thiazole rings is 1. The molecule has 0 unspecified atom stereocenters. The van der Waals surface area contributed by atoms with E-state index in [9.17, 15) is 9.50 Å². The standard InChI is InChI=1S/C31H30F2N4OS/c1-5-21-8-7-9-22(6-2)27(21)37-29(30-36-18(3)17-39-30)35-16-23(31(37)38)14-20-10-11-25(26(32)15-20)24-12-13-34-28(33)19(24)4/h7-13,15,17,38H,5-6,14,16H2,1-4H3. The molecule has 0 bridgehead atoms. The Balaban J connectivity index is 1.56. The van der Waals surface area contributed by atoms with Gasteiger partial charge in [0.15, 0.2) is 16.7 Å². The van der Waals surface area contributed by atoms with Crippen LogP contribution in [0.5, 0.6) is 0 Å². The molecule has 0 saturated heterocycles. The number of hydrogen-bond acceptors (Lipinski definition) is 6. The molecule has 0 saturated carbocycles. The first-order valence-corrected chi connectivity index (χ1v) is 13.9. The maximum Gasteiger partial charge on any atom is 0.216 e. The van der Waals surface area contributed by atoms with Crippen molar-refractivity contribution in [1.82, 2.24) is 9.97 Å². The smallest absolute Gasteiger partial charge is 0.216 e. The van der Waals surface area contributed by atoms with E-state index in [0.29, 0.717) is 40.1 Å². The molecule has 0 spiro atoms. The third-order valence-electron chi connectivity index (χ3n) is 7.04. The Kier molecular flexibility index (Phi) is 7.57. The van der Waals surface area contributed by atoms with Crippen molar-refractivity contribution in [1.29, 1.82) is 0 Å². The first-order valence-electron chi connectivity index (χ1n) is 13.0. The fourth-order valence-electron chi connectivity index (χ4n) is 4.97. The number of nitrogens with zero attached hydrogens (tertiary/aromatic N) is 4. The summed E-state index contributed by atoms with van der Waals surface area (Å²) >= 11 is 1.49. The maximum absolute atomic E-state index is 15.3. The van der Waals surface area contributed by atoms with Gasteiger partial charge < -0.3 is 5.11 Å². The number of rotatable bonds is 7. The zero-order valence-corrected chi connectivity index (χ0v) is 23.2. The van der Waals surface area contributed by atoms with E-state index in [1.807, 2.05) is 29.3 Å². The zero-order valence-electron chi connectivity index (χ0n) is 22.4. The zero-order chi connectivity index (χ0) is 27.7. The highest BCUT2D eigenvalue weighted by Gasteiger charge is 2.31. The maximum atomic E-state index is 15.3. The lowest BCUT2D eigenvalue weighted by atomic mass is 9.97. The van der Waals surface area contributed by atoms with Crippen molar-refractivity contribution >= 4 is 22.9 Å². The number of aliphatic hydroxyl groups is 1. The summed E-state index contributed by atoms with van der Waals surface area (Å²) in [6, 6.07) is 12.7. The summed E-state index contributed by atoms with van der Waals surface area (Å²) in [7, 11) is 0. The number of aryl methyl sites for hydroxylation is 3. The molecule has 2 aromatic heterocycles. The molecular weight excluding hydrogens is 514 g/mol. The van der Waals surface area contributed by atoms with Gasteiger partial charge in [0.2, 0.25) is 5.95 Å². The Bertz CT molecular complexity index is 1590. The predicted molar refractivity (Wildman–Crippen MR) is 154 cm³/mol. The van der Waals surface area contributed by atoms with Gasteiger partial charge in [0.1, 0.15) is 5.82 Å². The van der Waals surface area contributed by atoms with E-state index >= 15 is 4.39 Å². The predicted octanol–water partition coefficient (Wildman–Crippen LogP) is 7.50. The van der Waals surface area contributed by atoms with Gasteiger partial charge in [-0.3, -0.25) is 9.89 Å². The number of aliphatic hydroxyl groups excluding tert-OH is 1. The van der Waals surface area contributed by atoms with Crippen LogP contribution in [0.2, 0.25) is 0 Å². The summed E-state index contributed by atoms with van der Waals surface area (Å²) in [5.41, 5.74) is 6.45. The van der Waals surface area contributed by atoms with Crippen molar-refractivity contribution in [2.24, 2.45) is 4.99 Å². The highest BCUT2D eigenvalue weighted by molar-refractivity contribution is 7.12. The number of pyridine rings is 1. The molecule has 1 aliphatic heterocycles. The number of amidine groups is 1. The number of para-hydroxylation sites is 1. The highest BCUT2D eigenvalue weighted by atomic mass is 32.1. The van der Waals surface area contributed by atoms with Gasteiger partial charge >= 0.3 is 0 Å².